The monoisotopic (exact) mass is 976 g/mol. The molecular weight excluding hydrogens is 855 g/mol. The zero-order chi connectivity index (χ0) is 50.6. The minimum absolute atomic E-state index is 0.0591. The summed E-state index contributed by atoms with van der Waals surface area (Å²) in [5, 5.41) is 23.2. The highest BCUT2D eigenvalue weighted by atomic mass is 16.3. The number of carbonyl (C=O) groups is 1. The van der Waals surface area contributed by atoms with Crippen molar-refractivity contribution < 1.29 is 15.0 Å². The van der Waals surface area contributed by atoms with Crippen LogP contribution in [0.1, 0.15) is 322 Å². The number of unbranched alkanes of at least 4 members (excludes halogenated alkanes) is 40. The molecule has 0 aromatic heterocycles. The van der Waals surface area contributed by atoms with E-state index in [2.05, 4.69) is 79.9 Å². The van der Waals surface area contributed by atoms with E-state index in [9.17, 15) is 15.0 Å². The van der Waals surface area contributed by atoms with Crippen molar-refractivity contribution in [3.05, 3.63) is 72.9 Å². The Morgan fingerprint density at radius 1 is 0.357 bits per heavy atom. The molecule has 0 aliphatic heterocycles. The Balaban J connectivity index is 3.43. The van der Waals surface area contributed by atoms with Crippen molar-refractivity contribution in [1.82, 2.24) is 5.32 Å². The van der Waals surface area contributed by atoms with E-state index in [0.717, 1.165) is 57.8 Å². The quantitative estimate of drug-likeness (QED) is 0.0420. The Hall–Kier alpha value is -2.17. The molecule has 4 nitrogen and oxygen atoms in total. The summed E-state index contributed by atoms with van der Waals surface area (Å²) in [6, 6.07) is -0.623. The van der Waals surface area contributed by atoms with E-state index in [0.29, 0.717) is 6.42 Å². The predicted octanol–water partition coefficient (Wildman–Crippen LogP) is 20.9. The number of allylic oxidation sites excluding steroid dienone is 11. The molecule has 0 saturated heterocycles. The molecule has 0 spiro atoms. The first-order valence-electron chi connectivity index (χ1n) is 31.2. The Bertz CT molecular complexity index is 1200. The first-order chi connectivity index (χ1) is 34.7. The molecule has 0 rings (SSSR count). The lowest BCUT2D eigenvalue weighted by Gasteiger charge is -2.20. The van der Waals surface area contributed by atoms with Crippen LogP contribution in [-0.4, -0.2) is 34.9 Å². The van der Waals surface area contributed by atoms with Crippen LogP contribution in [0.25, 0.3) is 0 Å². The van der Waals surface area contributed by atoms with E-state index in [4.69, 9.17) is 0 Å². The summed E-state index contributed by atoms with van der Waals surface area (Å²) in [5.41, 5.74) is 0. The van der Waals surface area contributed by atoms with E-state index in [1.165, 1.54) is 244 Å². The van der Waals surface area contributed by atoms with Gasteiger partial charge in [-0.1, -0.05) is 324 Å². The minimum Gasteiger partial charge on any atom is -0.394 e. The molecule has 0 aromatic rings. The fraction of sp³-hybridized carbons (Fsp3) is 0.803. The largest absolute Gasteiger partial charge is 0.394 e. The Morgan fingerprint density at radius 2 is 0.629 bits per heavy atom. The van der Waals surface area contributed by atoms with E-state index in [1.807, 2.05) is 6.08 Å². The number of aliphatic hydroxyl groups excluding tert-OH is 2. The van der Waals surface area contributed by atoms with Gasteiger partial charge in [0.2, 0.25) is 5.91 Å². The van der Waals surface area contributed by atoms with Crippen molar-refractivity contribution in [3.8, 4) is 0 Å². The van der Waals surface area contributed by atoms with Crippen LogP contribution in [0.15, 0.2) is 72.9 Å². The second-order valence-electron chi connectivity index (χ2n) is 21.1. The zero-order valence-corrected chi connectivity index (χ0v) is 47.0. The maximum absolute atomic E-state index is 12.5. The summed E-state index contributed by atoms with van der Waals surface area (Å²) in [4.78, 5) is 12.5. The van der Waals surface area contributed by atoms with E-state index < -0.39 is 12.1 Å². The maximum atomic E-state index is 12.5. The fourth-order valence-electron chi connectivity index (χ4n) is 9.50. The third-order valence-electron chi connectivity index (χ3n) is 14.2. The minimum atomic E-state index is -0.840. The van der Waals surface area contributed by atoms with Crippen molar-refractivity contribution in [1.29, 1.82) is 0 Å². The van der Waals surface area contributed by atoms with Crippen LogP contribution in [0, 0.1) is 0 Å². The van der Waals surface area contributed by atoms with Crippen LogP contribution >= 0.6 is 0 Å². The van der Waals surface area contributed by atoms with Crippen LogP contribution in [-0.2, 0) is 4.79 Å². The van der Waals surface area contributed by atoms with Gasteiger partial charge in [-0.15, -0.1) is 0 Å². The van der Waals surface area contributed by atoms with Gasteiger partial charge >= 0.3 is 0 Å². The molecular formula is C66H121NO3. The summed E-state index contributed by atoms with van der Waals surface area (Å²) < 4.78 is 0. The van der Waals surface area contributed by atoms with E-state index in [-0.39, 0.29) is 12.5 Å². The van der Waals surface area contributed by atoms with Gasteiger partial charge in [-0.2, -0.15) is 0 Å². The third-order valence-corrected chi connectivity index (χ3v) is 14.2. The first-order valence-corrected chi connectivity index (χ1v) is 31.2. The molecule has 0 heterocycles. The van der Waals surface area contributed by atoms with Gasteiger partial charge in [-0.3, -0.25) is 4.79 Å². The lowest BCUT2D eigenvalue weighted by molar-refractivity contribution is -0.123. The van der Waals surface area contributed by atoms with Gasteiger partial charge in [-0.25, -0.2) is 0 Å². The normalized spacial score (nSPS) is 13.3. The molecule has 0 radical (unpaired) electrons. The van der Waals surface area contributed by atoms with E-state index >= 15 is 0 Å². The van der Waals surface area contributed by atoms with Gasteiger partial charge in [0.05, 0.1) is 18.8 Å². The molecule has 0 bridgehead atoms. The van der Waals surface area contributed by atoms with E-state index in [1.54, 1.807) is 6.08 Å². The lowest BCUT2D eigenvalue weighted by atomic mass is 10.0. The number of rotatable bonds is 57. The van der Waals surface area contributed by atoms with Crippen LogP contribution in [0.3, 0.4) is 0 Å². The maximum Gasteiger partial charge on any atom is 0.220 e. The average Bonchev–Trinajstić information content (AvgIpc) is 3.36. The molecule has 0 aliphatic rings. The fourth-order valence-corrected chi connectivity index (χ4v) is 9.50. The molecule has 4 heteroatoms. The second-order valence-corrected chi connectivity index (χ2v) is 21.1. The standard InChI is InChI=1S/C66H121NO3/c1-3-5-7-9-11-13-15-17-19-21-23-24-25-26-27-28-29-30-31-32-33-34-35-36-37-38-39-40-41-42-44-46-48-50-52-54-56-58-60-62-66(70)67-64(63-68)65(69)61-59-57-55-53-51-49-47-45-43-22-20-18-16-14-12-10-8-6-4-2/h5,7,11,13,17,19,23-24,26-27,59,61,64-65,68-69H,3-4,6,8-10,12,14-16,18,20-22,25,28-58,60,62-63H2,1-2H3,(H,67,70)/b7-5-,13-11-,19-17-,24-23-,27-26-,61-59+. The topological polar surface area (TPSA) is 69.6 Å². The number of amides is 1. The molecule has 2 unspecified atom stereocenters. The molecule has 408 valence electrons. The molecule has 0 saturated carbocycles. The lowest BCUT2D eigenvalue weighted by Crippen LogP contribution is -2.45. The summed E-state index contributed by atoms with van der Waals surface area (Å²) in [7, 11) is 0. The van der Waals surface area contributed by atoms with Gasteiger partial charge in [0, 0.05) is 6.42 Å². The number of aliphatic hydroxyl groups is 2. The molecule has 0 aliphatic carbocycles. The van der Waals surface area contributed by atoms with Crippen molar-refractivity contribution >= 4 is 5.91 Å². The third kappa shape index (κ3) is 56.7. The molecule has 0 fully saturated rings. The van der Waals surface area contributed by atoms with Gasteiger partial charge in [0.25, 0.3) is 0 Å². The molecule has 2 atom stereocenters. The van der Waals surface area contributed by atoms with Crippen molar-refractivity contribution in [2.75, 3.05) is 6.61 Å². The predicted molar refractivity (Wildman–Crippen MR) is 313 cm³/mol. The summed E-state index contributed by atoms with van der Waals surface area (Å²) in [6.45, 7) is 4.22. The Morgan fingerprint density at radius 3 is 0.943 bits per heavy atom. The number of nitrogens with one attached hydrogen (secondary N) is 1. The van der Waals surface area contributed by atoms with Gasteiger partial charge < -0.3 is 15.5 Å². The van der Waals surface area contributed by atoms with Crippen LogP contribution in [0.4, 0.5) is 0 Å². The van der Waals surface area contributed by atoms with Crippen LogP contribution in [0.2, 0.25) is 0 Å². The highest BCUT2D eigenvalue weighted by Crippen LogP contribution is 2.18. The highest BCUT2D eigenvalue weighted by molar-refractivity contribution is 5.76. The Labute approximate surface area is 438 Å². The van der Waals surface area contributed by atoms with Crippen molar-refractivity contribution in [2.45, 2.75) is 334 Å². The van der Waals surface area contributed by atoms with Gasteiger partial charge in [0.1, 0.15) is 0 Å². The van der Waals surface area contributed by atoms with Crippen molar-refractivity contribution in [3.63, 3.8) is 0 Å². The summed E-state index contributed by atoms with van der Waals surface area (Å²) in [6.07, 6.45) is 88.1. The molecule has 0 aromatic carbocycles. The smallest absolute Gasteiger partial charge is 0.220 e. The number of hydrogen-bond acceptors (Lipinski definition) is 3. The van der Waals surface area contributed by atoms with Gasteiger partial charge in [-0.05, 0) is 64.2 Å². The highest BCUT2D eigenvalue weighted by Gasteiger charge is 2.18. The van der Waals surface area contributed by atoms with Gasteiger partial charge in [0.15, 0.2) is 0 Å². The summed E-state index contributed by atoms with van der Waals surface area (Å²) in [5.74, 6) is -0.0591. The average molecular weight is 977 g/mol. The van der Waals surface area contributed by atoms with Crippen LogP contribution < -0.4 is 5.32 Å². The number of carbonyl (C=O) groups excluding carboxylic acids is 1. The van der Waals surface area contributed by atoms with Crippen molar-refractivity contribution in [2.24, 2.45) is 0 Å². The number of hydrogen-bond donors (Lipinski definition) is 3. The summed E-state index contributed by atoms with van der Waals surface area (Å²) >= 11 is 0. The first kappa shape index (κ1) is 67.8. The Kier molecular flexibility index (Phi) is 59.2. The van der Waals surface area contributed by atoms with Crippen LogP contribution in [0.5, 0.6) is 0 Å². The second kappa shape index (κ2) is 61.1. The molecule has 3 N–H and O–H groups in total. The molecule has 1 amide bonds. The zero-order valence-electron chi connectivity index (χ0n) is 47.0. The molecule has 70 heavy (non-hydrogen) atoms. The SMILES string of the molecule is CC/C=C\C/C=C\C/C=C\C/C=C\C/C=C\CCCCCCCCCCCCCCCCCCCCCCCCCC(=O)NC(CO)C(O)/C=C/CCCCCCCCCCCCCCCCCCC.